The fourth-order valence-electron chi connectivity index (χ4n) is 2.51. The maximum Gasteiger partial charge on any atom is 0.125 e. The van der Waals surface area contributed by atoms with Crippen molar-refractivity contribution in [2.24, 2.45) is 5.16 Å². The van der Waals surface area contributed by atoms with Gasteiger partial charge in [0.2, 0.25) is 0 Å². The number of hydrogen-bond donors (Lipinski definition) is 0. The van der Waals surface area contributed by atoms with Crippen LogP contribution in [0.25, 0.3) is 0 Å². The summed E-state index contributed by atoms with van der Waals surface area (Å²) in [4.78, 5) is 5.22. The first-order valence-electron chi connectivity index (χ1n) is 9.53. The van der Waals surface area contributed by atoms with Gasteiger partial charge in [-0.25, -0.2) is 0 Å². The lowest BCUT2D eigenvalue weighted by Crippen LogP contribution is -2.05. The molecule has 6 heteroatoms. The molecule has 1 aromatic carbocycles. The second-order valence-electron chi connectivity index (χ2n) is 6.36. The molecule has 152 valence electrons. The second-order valence-corrected chi connectivity index (χ2v) is 9.14. The molecule has 0 saturated carbocycles. The van der Waals surface area contributed by atoms with Crippen molar-refractivity contribution in [2.75, 3.05) is 19.8 Å². The van der Waals surface area contributed by atoms with Crippen LogP contribution in [-0.4, -0.2) is 25.5 Å². The molecule has 0 amide bonds. The van der Waals surface area contributed by atoms with E-state index in [-0.39, 0.29) is 0 Å². The number of aryl methyl sites for hydroxylation is 2. The lowest BCUT2D eigenvalue weighted by Gasteiger charge is -2.17. The van der Waals surface area contributed by atoms with Crippen LogP contribution in [0.4, 0.5) is 0 Å². The van der Waals surface area contributed by atoms with Crippen molar-refractivity contribution in [2.45, 2.75) is 59.8 Å². The standard InChI is InChI=1S/C21H31Br2NO3/c1-5-17-14-19(25-13-10-20(22)23)15-18(6-2)21(17)26-11-8-7-9-12-27-24-16(3)4/h10,14-15H,5-9,11-13H2,1-4H3. The highest BCUT2D eigenvalue weighted by Crippen LogP contribution is 2.31. The molecule has 0 saturated heterocycles. The molecule has 0 aliphatic rings. The summed E-state index contributed by atoms with van der Waals surface area (Å²) >= 11 is 6.68. The third kappa shape index (κ3) is 10.2. The summed E-state index contributed by atoms with van der Waals surface area (Å²) < 4.78 is 12.9. The Bertz CT molecular complexity index is 597. The van der Waals surface area contributed by atoms with Crippen LogP contribution in [0.3, 0.4) is 0 Å². The Balaban J connectivity index is 2.55. The smallest absolute Gasteiger partial charge is 0.125 e. The van der Waals surface area contributed by atoms with Crippen LogP contribution in [0.2, 0.25) is 0 Å². The molecule has 27 heavy (non-hydrogen) atoms. The molecule has 0 unspecified atom stereocenters. The van der Waals surface area contributed by atoms with Gasteiger partial charge in [-0.1, -0.05) is 19.0 Å². The maximum atomic E-state index is 6.14. The van der Waals surface area contributed by atoms with E-state index < -0.39 is 0 Å². The molecule has 4 nitrogen and oxygen atoms in total. The summed E-state index contributed by atoms with van der Waals surface area (Å²) in [6.45, 7) is 10.0. The zero-order valence-corrected chi connectivity index (χ0v) is 20.0. The van der Waals surface area contributed by atoms with Gasteiger partial charge in [0.05, 0.1) is 15.7 Å². The number of halogens is 2. The Morgan fingerprint density at radius 1 is 0.963 bits per heavy atom. The molecule has 0 fully saturated rings. The van der Waals surface area contributed by atoms with E-state index in [1.54, 1.807) is 0 Å². The Kier molecular flexibility index (Phi) is 12.5. The van der Waals surface area contributed by atoms with Gasteiger partial charge in [-0.05, 0) is 107 Å². The number of ether oxygens (including phenoxy) is 2. The summed E-state index contributed by atoms with van der Waals surface area (Å²) in [5, 5.41) is 3.94. The van der Waals surface area contributed by atoms with Crippen LogP contribution in [-0.2, 0) is 17.7 Å². The molecule has 1 aromatic rings. The van der Waals surface area contributed by atoms with Gasteiger partial charge in [0.25, 0.3) is 0 Å². The molecule has 0 spiro atoms. The summed E-state index contributed by atoms with van der Waals surface area (Å²) in [7, 11) is 0. The molecule has 0 aliphatic heterocycles. The molecule has 0 bridgehead atoms. The van der Waals surface area contributed by atoms with Gasteiger partial charge in [-0.2, -0.15) is 0 Å². The minimum atomic E-state index is 0.516. The number of hydrogen-bond acceptors (Lipinski definition) is 4. The van der Waals surface area contributed by atoms with Gasteiger partial charge < -0.3 is 14.3 Å². The van der Waals surface area contributed by atoms with Gasteiger partial charge in [0.1, 0.15) is 24.7 Å². The van der Waals surface area contributed by atoms with Crippen LogP contribution in [0.1, 0.15) is 58.1 Å². The van der Waals surface area contributed by atoms with Gasteiger partial charge in [-0.15, -0.1) is 0 Å². The van der Waals surface area contributed by atoms with Crippen LogP contribution < -0.4 is 9.47 Å². The Labute approximate surface area is 180 Å². The summed E-state index contributed by atoms with van der Waals surface area (Å²) in [5.74, 6) is 1.91. The molecule has 0 heterocycles. The predicted molar refractivity (Wildman–Crippen MR) is 121 cm³/mol. The van der Waals surface area contributed by atoms with Crippen LogP contribution >= 0.6 is 31.9 Å². The minimum Gasteiger partial charge on any atom is -0.493 e. The van der Waals surface area contributed by atoms with Gasteiger partial charge >= 0.3 is 0 Å². The third-order valence-corrected chi connectivity index (χ3v) is 4.49. The van der Waals surface area contributed by atoms with Crippen LogP contribution in [0, 0.1) is 0 Å². The normalized spacial score (nSPS) is 10.3. The van der Waals surface area contributed by atoms with Crippen molar-refractivity contribution in [3.05, 3.63) is 32.7 Å². The average molecular weight is 505 g/mol. The predicted octanol–water partition coefficient (Wildman–Crippen LogP) is 6.78. The zero-order valence-electron chi connectivity index (χ0n) is 16.8. The Morgan fingerprint density at radius 2 is 1.59 bits per heavy atom. The fourth-order valence-corrected chi connectivity index (χ4v) is 2.78. The Morgan fingerprint density at radius 3 is 2.15 bits per heavy atom. The van der Waals surface area contributed by atoms with E-state index in [4.69, 9.17) is 14.3 Å². The van der Waals surface area contributed by atoms with Crippen molar-refractivity contribution in [3.8, 4) is 11.5 Å². The highest BCUT2D eigenvalue weighted by molar-refractivity contribution is 9.28. The van der Waals surface area contributed by atoms with E-state index in [2.05, 4.69) is 63.0 Å². The van der Waals surface area contributed by atoms with E-state index >= 15 is 0 Å². The van der Waals surface area contributed by atoms with Gasteiger partial charge in [0.15, 0.2) is 0 Å². The van der Waals surface area contributed by atoms with Gasteiger partial charge in [0, 0.05) is 0 Å². The van der Waals surface area contributed by atoms with Crippen LogP contribution in [0.5, 0.6) is 11.5 Å². The lowest BCUT2D eigenvalue weighted by molar-refractivity contribution is 0.138. The first kappa shape index (κ1) is 24.0. The minimum absolute atomic E-state index is 0.516. The fraction of sp³-hybridized carbons (Fsp3) is 0.571. The van der Waals surface area contributed by atoms with Gasteiger partial charge in [-0.3, -0.25) is 0 Å². The van der Waals surface area contributed by atoms with Crippen molar-refractivity contribution in [1.82, 2.24) is 0 Å². The largest absolute Gasteiger partial charge is 0.493 e. The first-order valence-corrected chi connectivity index (χ1v) is 11.1. The van der Waals surface area contributed by atoms with E-state index in [0.29, 0.717) is 13.2 Å². The maximum absolute atomic E-state index is 6.14. The van der Waals surface area contributed by atoms with Crippen molar-refractivity contribution < 1.29 is 14.3 Å². The van der Waals surface area contributed by atoms with Crippen molar-refractivity contribution >= 4 is 37.6 Å². The number of oxime groups is 1. The van der Waals surface area contributed by atoms with E-state index in [0.717, 1.165) is 59.3 Å². The second kappa shape index (κ2) is 14.1. The summed E-state index contributed by atoms with van der Waals surface area (Å²) in [6, 6.07) is 4.17. The number of nitrogens with zero attached hydrogens (tertiary/aromatic N) is 1. The lowest BCUT2D eigenvalue weighted by atomic mass is 10.0. The molecule has 0 radical (unpaired) electrons. The third-order valence-electron chi connectivity index (χ3n) is 3.84. The molecule has 0 atom stereocenters. The van der Waals surface area contributed by atoms with Crippen molar-refractivity contribution in [3.63, 3.8) is 0 Å². The average Bonchev–Trinajstić information content (AvgIpc) is 2.63. The first-order chi connectivity index (χ1) is 13.0. The van der Waals surface area contributed by atoms with Crippen molar-refractivity contribution in [1.29, 1.82) is 0 Å². The molecular weight excluding hydrogens is 474 g/mol. The SMILES string of the molecule is CCc1cc(OCC=C(Br)Br)cc(CC)c1OCCCCCON=C(C)C. The van der Waals surface area contributed by atoms with E-state index in [9.17, 15) is 0 Å². The molecular formula is C21H31Br2NO3. The van der Waals surface area contributed by atoms with Crippen LogP contribution in [0.15, 0.2) is 26.8 Å². The zero-order chi connectivity index (χ0) is 20.1. The molecule has 0 aromatic heterocycles. The summed E-state index contributed by atoms with van der Waals surface area (Å²) in [5.41, 5.74) is 3.34. The highest BCUT2D eigenvalue weighted by atomic mass is 79.9. The Hall–Kier alpha value is -1.01. The number of benzene rings is 1. The highest BCUT2D eigenvalue weighted by Gasteiger charge is 2.11. The topological polar surface area (TPSA) is 40.0 Å². The number of unbranched alkanes of at least 4 members (excludes halogenated alkanes) is 2. The monoisotopic (exact) mass is 503 g/mol. The molecule has 1 rings (SSSR count). The summed E-state index contributed by atoms with van der Waals surface area (Å²) in [6.07, 6.45) is 6.83. The molecule has 0 N–H and O–H groups in total. The van der Waals surface area contributed by atoms with E-state index in [1.165, 1.54) is 11.1 Å². The molecule has 0 aliphatic carbocycles. The number of rotatable bonds is 13. The van der Waals surface area contributed by atoms with E-state index in [1.807, 2.05) is 19.9 Å². The quantitative estimate of drug-likeness (QED) is 0.169.